The number of rotatable bonds is 3. The summed E-state index contributed by atoms with van der Waals surface area (Å²) >= 11 is 5.99. The van der Waals surface area contributed by atoms with Gasteiger partial charge in [0.15, 0.2) is 0 Å². The average Bonchev–Trinajstić information content (AvgIpc) is 2.39. The van der Waals surface area contributed by atoms with Crippen LogP contribution in [0.5, 0.6) is 5.75 Å². The van der Waals surface area contributed by atoms with Gasteiger partial charge in [-0.05, 0) is 31.2 Å². The molecule has 0 aliphatic heterocycles. The Balaban J connectivity index is 2.56. The predicted molar refractivity (Wildman–Crippen MR) is 70.9 cm³/mol. The van der Waals surface area contributed by atoms with Crippen LogP contribution in [0.4, 0.5) is 0 Å². The molecule has 18 heavy (non-hydrogen) atoms. The highest BCUT2D eigenvalue weighted by Gasteiger charge is 2.29. The first kappa shape index (κ1) is 12.9. The van der Waals surface area contributed by atoms with Crippen LogP contribution in [0.1, 0.15) is 18.1 Å². The number of hydrogen-bond donors (Lipinski definition) is 1. The molecule has 0 aliphatic carbocycles. The molecule has 2 rings (SSSR count). The Bertz CT molecular complexity index is 541. The molecule has 0 spiro atoms. The van der Waals surface area contributed by atoms with Gasteiger partial charge in [-0.3, -0.25) is 4.98 Å². The number of aliphatic hydroxyl groups is 1. The minimum Gasteiger partial charge on any atom is -0.496 e. The van der Waals surface area contributed by atoms with E-state index in [1.807, 2.05) is 6.07 Å². The van der Waals surface area contributed by atoms with Crippen LogP contribution >= 0.6 is 11.6 Å². The van der Waals surface area contributed by atoms with E-state index in [0.29, 0.717) is 21.9 Å². The molecule has 2 aromatic rings. The van der Waals surface area contributed by atoms with Crippen LogP contribution in [0, 0.1) is 0 Å². The summed E-state index contributed by atoms with van der Waals surface area (Å²) in [5.74, 6) is 0.591. The first-order chi connectivity index (χ1) is 8.55. The van der Waals surface area contributed by atoms with Crippen molar-refractivity contribution < 1.29 is 9.84 Å². The zero-order valence-electron chi connectivity index (χ0n) is 10.2. The topological polar surface area (TPSA) is 42.4 Å². The maximum atomic E-state index is 10.7. The lowest BCUT2D eigenvalue weighted by atomic mass is 9.88. The van der Waals surface area contributed by atoms with Gasteiger partial charge in [0.05, 0.1) is 7.11 Å². The van der Waals surface area contributed by atoms with E-state index < -0.39 is 5.60 Å². The van der Waals surface area contributed by atoms with Gasteiger partial charge in [0.25, 0.3) is 0 Å². The number of halogens is 1. The lowest BCUT2D eigenvalue weighted by Gasteiger charge is -2.26. The maximum absolute atomic E-state index is 10.7. The Morgan fingerprint density at radius 1 is 1.33 bits per heavy atom. The molecular formula is C14H14ClNO2. The summed E-state index contributed by atoms with van der Waals surface area (Å²) in [5, 5.41) is 11.3. The van der Waals surface area contributed by atoms with Gasteiger partial charge in [-0.25, -0.2) is 0 Å². The van der Waals surface area contributed by atoms with Crippen molar-refractivity contribution in [3.05, 3.63) is 58.9 Å². The Hall–Kier alpha value is -1.58. The summed E-state index contributed by atoms with van der Waals surface area (Å²) in [7, 11) is 1.56. The van der Waals surface area contributed by atoms with Crippen molar-refractivity contribution in [3.8, 4) is 5.75 Å². The predicted octanol–water partition coefficient (Wildman–Crippen LogP) is 3.00. The molecule has 1 heterocycles. The van der Waals surface area contributed by atoms with E-state index >= 15 is 0 Å². The molecule has 1 aromatic carbocycles. The summed E-state index contributed by atoms with van der Waals surface area (Å²) in [6, 6.07) is 8.76. The fourth-order valence-electron chi connectivity index (χ4n) is 1.87. The number of nitrogens with zero attached hydrogens (tertiary/aromatic N) is 1. The number of hydrogen-bond acceptors (Lipinski definition) is 3. The van der Waals surface area contributed by atoms with Gasteiger partial charge in [0, 0.05) is 28.5 Å². The van der Waals surface area contributed by atoms with E-state index in [4.69, 9.17) is 16.3 Å². The molecule has 3 nitrogen and oxygen atoms in total. The molecule has 0 saturated heterocycles. The molecule has 0 amide bonds. The molecule has 94 valence electrons. The molecule has 0 aliphatic rings. The third-order valence-electron chi connectivity index (χ3n) is 2.91. The third-order valence-corrected chi connectivity index (χ3v) is 3.14. The number of methoxy groups -OCH3 is 1. The standard InChI is InChI=1S/C14H14ClNO2/c1-14(17,10-4-3-7-16-9-10)12-8-11(15)5-6-13(12)18-2/h3-9,17H,1-2H3. The SMILES string of the molecule is COc1ccc(Cl)cc1C(C)(O)c1cccnc1. The van der Waals surface area contributed by atoms with E-state index in [0.717, 1.165) is 0 Å². The van der Waals surface area contributed by atoms with Crippen molar-refractivity contribution >= 4 is 11.6 Å². The van der Waals surface area contributed by atoms with E-state index in [1.165, 1.54) is 0 Å². The van der Waals surface area contributed by atoms with Crippen LogP contribution in [-0.2, 0) is 5.60 Å². The summed E-state index contributed by atoms with van der Waals surface area (Å²) in [6.45, 7) is 1.69. The van der Waals surface area contributed by atoms with E-state index in [9.17, 15) is 5.11 Å². The highest BCUT2D eigenvalue weighted by atomic mass is 35.5. The van der Waals surface area contributed by atoms with Crippen LogP contribution in [0.2, 0.25) is 5.02 Å². The van der Waals surface area contributed by atoms with E-state index in [-0.39, 0.29) is 0 Å². The lowest BCUT2D eigenvalue weighted by Crippen LogP contribution is -2.23. The minimum absolute atomic E-state index is 0.551. The first-order valence-electron chi connectivity index (χ1n) is 5.52. The van der Waals surface area contributed by atoms with Crippen LogP contribution in [0.3, 0.4) is 0 Å². The molecule has 0 bridgehead atoms. The van der Waals surface area contributed by atoms with Crippen molar-refractivity contribution in [1.29, 1.82) is 0 Å². The maximum Gasteiger partial charge on any atom is 0.125 e. The van der Waals surface area contributed by atoms with Crippen LogP contribution < -0.4 is 4.74 Å². The number of benzene rings is 1. The van der Waals surface area contributed by atoms with Gasteiger partial charge in [-0.1, -0.05) is 17.7 Å². The average molecular weight is 264 g/mol. The van der Waals surface area contributed by atoms with E-state index in [2.05, 4.69) is 4.98 Å². The summed E-state index contributed by atoms with van der Waals surface area (Å²) < 4.78 is 5.27. The van der Waals surface area contributed by atoms with E-state index in [1.54, 1.807) is 50.7 Å². The minimum atomic E-state index is -1.20. The largest absolute Gasteiger partial charge is 0.496 e. The van der Waals surface area contributed by atoms with Gasteiger partial charge < -0.3 is 9.84 Å². The molecule has 1 atom stereocenters. The smallest absolute Gasteiger partial charge is 0.125 e. The molecule has 4 heteroatoms. The second-order valence-corrected chi connectivity index (χ2v) is 4.59. The second-order valence-electron chi connectivity index (χ2n) is 4.16. The van der Waals surface area contributed by atoms with Crippen molar-refractivity contribution in [1.82, 2.24) is 4.98 Å². The molecule has 0 saturated carbocycles. The Morgan fingerprint density at radius 3 is 2.72 bits per heavy atom. The van der Waals surface area contributed by atoms with Crippen LogP contribution in [0.15, 0.2) is 42.7 Å². The van der Waals surface area contributed by atoms with Crippen LogP contribution in [-0.4, -0.2) is 17.2 Å². The summed E-state index contributed by atoms with van der Waals surface area (Å²) in [5.41, 5.74) is 0.0980. The third kappa shape index (κ3) is 2.33. The molecule has 0 radical (unpaired) electrons. The molecule has 1 unspecified atom stereocenters. The number of pyridine rings is 1. The fraction of sp³-hybridized carbons (Fsp3) is 0.214. The van der Waals surface area contributed by atoms with Crippen molar-refractivity contribution in [2.24, 2.45) is 0 Å². The summed E-state index contributed by atoms with van der Waals surface area (Å²) in [4.78, 5) is 4.02. The Labute approximate surface area is 111 Å². The monoisotopic (exact) mass is 263 g/mol. The number of aromatic nitrogens is 1. The molecule has 0 fully saturated rings. The second kappa shape index (κ2) is 4.96. The van der Waals surface area contributed by atoms with Gasteiger partial charge in [-0.15, -0.1) is 0 Å². The van der Waals surface area contributed by atoms with Gasteiger partial charge >= 0.3 is 0 Å². The van der Waals surface area contributed by atoms with Crippen molar-refractivity contribution in [3.63, 3.8) is 0 Å². The lowest BCUT2D eigenvalue weighted by molar-refractivity contribution is 0.0986. The highest BCUT2D eigenvalue weighted by Crippen LogP contribution is 2.36. The summed E-state index contributed by atoms with van der Waals surface area (Å²) in [6.07, 6.45) is 3.29. The number of ether oxygens (including phenoxy) is 1. The molecule has 1 N–H and O–H groups in total. The first-order valence-corrected chi connectivity index (χ1v) is 5.90. The van der Waals surface area contributed by atoms with Crippen molar-refractivity contribution in [2.45, 2.75) is 12.5 Å². The highest BCUT2D eigenvalue weighted by molar-refractivity contribution is 6.30. The molecule has 1 aromatic heterocycles. The molecular weight excluding hydrogens is 250 g/mol. The van der Waals surface area contributed by atoms with Gasteiger partial charge in [-0.2, -0.15) is 0 Å². The fourth-order valence-corrected chi connectivity index (χ4v) is 2.04. The Morgan fingerprint density at radius 2 is 2.11 bits per heavy atom. The van der Waals surface area contributed by atoms with Gasteiger partial charge in [0.2, 0.25) is 0 Å². The van der Waals surface area contributed by atoms with Crippen LogP contribution in [0.25, 0.3) is 0 Å². The Kier molecular flexibility index (Phi) is 3.55. The quantitative estimate of drug-likeness (QED) is 0.926. The normalized spacial score (nSPS) is 14.0. The van der Waals surface area contributed by atoms with Gasteiger partial charge in [0.1, 0.15) is 11.4 Å². The zero-order chi connectivity index (χ0) is 13.2. The van der Waals surface area contributed by atoms with Crippen molar-refractivity contribution in [2.75, 3.05) is 7.11 Å². The zero-order valence-corrected chi connectivity index (χ0v) is 11.0.